The first-order valence-electron chi connectivity index (χ1n) is 6.06. The third-order valence-electron chi connectivity index (χ3n) is 3.35. The molecule has 0 spiro atoms. The molecule has 0 saturated carbocycles. The molecule has 3 rings (SSSR count). The highest BCUT2D eigenvalue weighted by Crippen LogP contribution is 2.17. The molecule has 5 nitrogen and oxygen atoms in total. The van der Waals surface area contributed by atoms with E-state index in [4.69, 9.17) is 0 Å². The highest BCUT2D eigenvalue weighted by atomic mass is 79.9. The number of pyridine rings is 1. The van der Waals surface area contributed by atoms with Gasteiger partial charge in [0.1, 0.15) is 0 Å². The maximum absolute atomic E-state index is 12.3. The highest BCUT2D eigenvalue weighted by molar-refractivity contribution is 9.10. The minimum Gasteiger partial charge on any atom is -0.295 e. The van der Waals surface area contributed by atoms with Crippen LogP contribution in [0.2, 0.25) is 0 Å². The van der Waals surface area contributed by atoms with Gasteiger partial charge in [0.05, 0.1) is 10.9 Å². The van der Waals surface area contributed by atoms with Crippen molar-refractivity contribution in [2.45, 2.75) is 6.92 Å². The van der Waals surface area contributed by atoms with Crippen LogP contribution in [0, 0.1) is 6.92 Å². The van der Waals surface area contributed by atoms with Crippen LogP contribution in [0.25, 0.3) is 16.6 Å². The van der Waals surface area contributed by atoms with E-state index < -0.39 is 0 Å². The summed E-state index contributed by atoms with van der Waals surface area (Å²) in [5.41, 5.74) is 1.63. The summed E-state index contributed by atoms with van der Waals surface area (Å²) in [7, 11) is 1.64. The van der Waals surface area contributed by atoms with Crippen LogP contribution in [0.3, 0.4) is 0 Å². The highest BCUT2D eigenvalue weighted by Gasteiger charge is 2.13. The standard InChI is InChI=1S/C14H12BrN3O2/c1-8-13-11(16-17(2)14(13)20)7-12(19)18(8)10-5-3-9(15)4-6-10/h3-7,16H,1-2H3. The number of aromatic amines is 1. The number of H-pyrrole nitrogens is 1. The lowest BCUT2D eigenvalue weighted by molar-refractivity contribution is 0.751. The SMILES string of the molecule is Cc1c2c(=O)n(C)[nH]c2cc(=O)n1-c1ccc(Br)cc1. The average Bonchev–Trinajstić information content (AvgIpc) is 2.67. The van der Waals surface area contributed by atoms with Gasteiger partial charge < -0.3 is 0 Å². The van der Waals surface area contributed by atoms with Crippen LogP contribution < -0.4 is 11.1 Å². The van der Waals surface area contributed by atoms with Crippen LogP contribution in [-0.2, 0) is 7.05 Å². The minimum atomic E-state index is -0.167. The van der Waals surface area contributed by atoms with Crippen LogP contribution in [-0.4, -0.2) is 14.3 Å². The Balaban J connectivity index is 2.42. The Bertz CT molecular complexity index is 916. The van der Waals surface area contributed by atoms with E-state index in [1.807, 2.05) is 24.3 Å². The average molecular weight is 334 g/mol. The molecule has 1 aromatic carbocycles. The van der Waals surface area contributed by atoms with Gasteiger partial charge in [-0.25, -0.2) is 0 Å². The molecule has 2 heterocycles. The molecule has 2 aromatic heterocycles. The Kier molecular flexibility index (Phi) is 2.90. The fourth-order valence-corrected chi connectivity index (χ4v) is 2.66. The molecule has 0 bridgehead atoms. The summed E-state index contributed by atoms with van der Waals surface area (Å²) in [6.07, 6.45) is 0. The van der Waals surface area contributed by atoms with Crippen molar-refractivity contribution in [1.82, 2.24) is 14.3 Å². The molecular weight excluding hydrogens is 322 g/mol. The van der Waals surface area contributed by atoms with Crippen LogP contribution in [0.5, 0.6) is 0 Å². The van der Waals surface area contributed by atoms with Gasteiger partial charge in [0.2, 0.25) is 0 Å². The number of hydrogen-bond donors (Lipinski definition) is 1. The van der Waals surface area contributed by atoms with Crippen molar-refractivity contribution in [2.75, 3.05) is 0 Å². The van der Waals surface area contributed by atoms with Gasteiger partial charge in [-0.3, -0.25) is 23.9 Å². The first-order chi connectivity index (χ1) is 9.49. The van der Waals surface area contributed by atoms with Crippen molar-refractivity contribution in [2.24, 2.45) is 7.05 Å². The summed E-state index contributed by atoms with van der Waals surface area (Å²) in [6, 6.07) is 8.84. The van der Waals surface area contributed by atoms with Crippen molar-refractivity contribution in [1.29, 1.82) is 0 Å². The van der Waals surface area contributed by atoms with E-state index in [1.165, 1.54) is 10.7 Å². The summed E-state index contributed by atoms with van der Waals surface area (Å²) < 4.78 is 3.86. The molecule has 0 amide bonds. The van der Waals surface area contributed by atoms with Crippen molar-refractivity contribution in [3.05, 3.63) is 61.2 Å². The lowest BCUT2D eigenvalue weighted by Gasteiger charge is -2.10. The van der Waals surface area contributed by atoms with Gasteiger partial charge in [-0.05, 0) is 31.2 Å². The molecule has 0 atom stereocenters. The van der Waals surface area contributed by atoms with E-state index in [0.717, 1.165) is 10.2 Å². The van der Waals surface area contributed by atoms with E-state index >= 15 is 0 Å². The maximum atomic E-state index is 12.3. The number of halogens is 1. The van der Waals surface area contributed by atoms with Gasteiger partial charge in [0.25, 0.3) is 11.1 Å². The van der Waals surface area contributed by atoms with Crippen molar-refractivity contribution in [3.63, 3.8) is 0 Å². The number of hydrogen-bond acceptors (Lipinski definition) is 2. The number of aromatic nitrogens is 3. The predicted molar refractivity (Wildman–Crippen MR) is 81.6 cm³/mol. The van der Waals surface area contributed by atoms with Crippen LogP contribution >= 0.6 is 15.9 Å². The molecule has 3 aromatic rings. The van der Waals surface area contributed by atoms with Gasteiger partial charge in [0, 0.05) is 29.0 Å². The van der Waals surface area contributed by atoms with Gasteiger partial charge in [-0.15, -0.1) is 0 Å². The van der Waals surface area contributed by atoms with Crippen molar-refractivity contribution in [3.8, 4) is 5.69 Å². The Labute approximate surface area is 122 Å². The summed E-state index contributed by atoms with van der Waals surface area (Å²) in [4.78, 5) is 24.4. The zero-order valence-electron chi connectivity index (χ0n) is 11.0. The first kappa shape index (κ1) is 12.9. The van der Waals surface area contributed by atoms with Crippen LogP contribution in [0.1, 0.15) is 5.69 Å². The molecular formula is C14H12BrN3O2. The lowest BCUT2D eigenvalue weighted by Crippen LogP contribution is -2.21. The molecule has 0 fully saturated rings. The fourth-order valence-electron chi connectivity index (χ4n) is 2.40. The summed E-state index contributed by atoms with van der Waals surface area (Å²) in [5.74, 6) is 0. The van der Waals surface area contributed by atoms with E-state index in [-0.39, 0.29) is 11.1 Å². The molecule has 20 heavy (non-hydrogen) atoms. The number of nitrogens with zero attached hydrogens (tertiary/aromatic N) is 2. The zero-order valence-corrected chi connectivity index (χ0v) is 12.6. The van der Waals surface area contributed by atoms with Gasteiger partial charge in [-0.1, -0.05) is 15.9 Å². The molecule has 0 unspecified atom stereocenters. The van der Waals surface area contributed by atoms with Gasteiger partial charge in [0.15, 0.2) is 0 Å². The predicted octanol–water partition coefficient (Wildman–Crippen LogP) is 2.09. The zero-order chi connectivity index (χ0) is 14.4. The fraction of sp³-hybridized carbons (Fsp3) is 0.143. The number of rotatable bonds is 1. The largest absolute Gasteiger partial charge is 0.295 e. The second-order valence-corrected chi connectivity index (χ2v) is 5.56. The van der Waals surface area contributed by atoms with E-state index in [2.05, 4.69) is 21.0 Å². The van der Waals surface area contributed by atoms with Crippen LogP contribution in [0.15, 0.2) is 44.4 Å². The molecule has 1 N–H and O–H groups in total. The van der Waals surface area contributed by atoms with E-state index in [1.54, 1.807) is 18.5 Å². The first-order valence-corrected chi connectivity index (χ1v) is 6.85. The second-order valence-electron chi connectivity index (χ2n) is 4.64. The molecule has 0 saturated heterocycles. The third-order valence-corrected chi connectivity index (χ3v) is 3.87. The monoisotopic (exact) mass is 333 g/mol. The molecule has 0 aliphatic rings. The molecule has 0 aliphatic heterocycles. The Hall–Kier alpha value is -2.08. The van der Waals surface area contributed by atoms with Crippen molar-refractivity contribution >= 4 is 26.8 Å². The normalized spacial score (nSPS) is 11.2. The molecule has 0 aliphatic carbocycles. The van der Waals surface area contributed by atoms with Gasteiger partial charge >= 0.3 is 0 Å². The smallest absolute Gasteiger partial charge is 0.275 e. The van der Waals surface area contributed by atoms with Crippen LogP contribution in [0.4, 0.5) is 0 Å². The summed E-state index contributed by atoms with van der Waals surface area (Å²) in [6.45, 7) is 1.78. The minimum absolute atomic E-state index is 0.136. The van der Waals surface area contributed by atoms with E-state index in [0.29, 0.717) is 16.6 Å². The number of aryl methyl sites for hydroxylation is 2. The maximum Gasteiger partial charge on any atom is 0.275 e. The molecule has 6 heteroatoms. The van der Waals surface area contributed by atoms with Gasteiger partial charge in [-0.2, -0.15) is 0 Å². The number of benzene rings is 1. The van der Waals surface area contributed by atoms with Crippen molar-refractivity contribution < 1.29 is 0 Å². The number of fused-ring (bicyclic) bond motifs is 1. The van der Waals surface area contributed by atoms with E-state index in [9.17, 15) is 9.59 Å². The topological polar surface area (TPSA) is 59.8 Å². The Morgan fingerprint density at radius 2 is 1.80 bits per heavy atom. The summed E-state index contributed by atoms with van der Waals surface area (Å²) in [5, 5.41) is 3.42. The quantitative estimate of drug-likeness (QED) is 0.741. The summed E-state index contributed by atoms with van der Waals surface area (Å²) >= 11 is 3.36. The Morgan fingerprint density at radius 1 is 1.15 bits per heavy atom. The molecule has 102 valence electrons. The molecule has 0 radical (unpaired) electrons. The number of nitrogens with one attached hydrogen (secondary N) is 1. The lowest BCUT2D eigenvalue weighted by atomic mass is 10.2. The third kappa shape index (κ3) is 1.84. The second kappa shape index (κ2) is 4.49. The Morgan fingerprint density at radius 3 is 2.45 bits per heavy atom.